The van der Waals surface area contributed by atoms with Gasteiger partial charge in [0, 0.05) is 30.9 Å². The molecule has 1 aromatic carbocycles. The van der Waals surface area contributed by atoms with Crippen LogP contribution in [0.2, 0.25) is 0 Å². The van der Waals surface area contributed by atoms with Gasteiger partial charge in [-0.3, -0.25) is 0 Å². The first-order valence-electron chi connectivity index (χ1n) is 5.31. The van der Waals surface area contributed by atoms with E-state index in [0.29, 0.717) is 0 Å². The van der Waals surface area contributed by atoms with E-state index >= 15 is 0 Å². The number of anilines is 1. The lowest BCUT2D eigenvalue weighted by atomic mass is 10.2. The molecule has 0 aliphatic heterocycles. The zero-order valence-corrected chi connectivity index (χ0v) is 13.7. The van der Waals surface area contributed by atoms with Crippen LogP contribution in [0.1, 0.15) is 15.3 Å². The summed E-state index contributed by atoms with van der Waals surface area (Å²) in [6.45, 7) is 5.11. The van der Waals surface area contributed by atoms with Crippen molar-refractivity contribution in [3.63, 3.8) is 0 Å². The first-order chi connectivity index (χ1) is 8.06. The van der Waals surface area contributed by atoms with E-state index in [9.17, 15) is 0 Å². The molecule has 0 saturated heterocycles. The summed E-state index contributed by atoms with van der Waals surface area (Å²) in [7, 11) is 0. The van der Waals surface area contributed by atoms with Gasteiger partial charge in [-0.1, -0.05) is 22.0 Å². The largest absolute Gasteiger partial charge is 0.380 e. The molecule has 17 heavy (non-hydrogen) atoms. The smallest absolute Gasteiger partial charge is 0.0494 e. The van der Waals surface area contributed by atoms with Gasteiger partial charge in [-0.15, -0.1) is 11.3 Å². The van der Waals surface area contributed by atoms with E-state index in [-0.39, 0.29) is 0 Å². The van der Waals surface area contributed by atoms with Crippen molar-refractivity contribution >= 4 is 48.9 Å². The molecule has 0 atom stereocenters. The van der Waals surface area contributed by atoms with Crippen LogP contribution in [0.5, 0.6) is 0 Å². The number of hydrogen-bond acceptors (Lipinski definition) is 2. The normalized spacial score (nSPS) is 10.6. The highest BCUT2D eigenvalue weighted by Gasteiger charge is 2.04. The maximum Gasteiger partial charge on any atom is 0.0494 e. The van der Waals surface area contributed by atoms with Gasteiger partial charge >= 0.3 is 0 Å². The summed E-state index contributed by atoms with van der Waals surface area (Å²) in [4.78, 5) is 2.67. The van der Waals surface area contributed by atoms with Crippen LogP contribution in [-0.4, -0.2) is 0 Å². The molecule has 1 aromatic heterocycles. The van der Waals surface area contributed by atoms with E-state index in [2.05, 4.69) is 75.3 Å². The van der Waals surface area contributed by atoms with Crippen molar-refractivity contribution < 1.29 is 0 Å². The Hall–Kier alpha value is -0.320. The monoisotopic (exact) mass is 373 g/mol. The van der Waals surface area contributed by atoms with Gasteiger partial charge in [-0.25, -0.2) is 0 Å². The van der Waals surface area contributed by atoms with Crippen LogP contribution in [0.15, 0.2) is 33.2 Å². The molecule has 2 rings (SSSR count). The van der Waals surface area contributed by atoms with Crippen LogP contribution >= 0.6 is 43.2 Å². The number of aryl methyl sites for hydroxylation is 2. The summed E-state index contributed by atoms with van der Waals surface area (Å²) < 4.78 is 2.31. The Kier molecular flexibility index (Phi) is 4.28. The zero-order valence-electron chi connectivity index (χ0n) is 9.68. The SMILES string of the molecule is Cc1ccc(Br)cc1NCc1cc(Br)c(C)s1. The second kappa shape index (κ2) is 5.55. The van der Waals surface area contributed by atoms with E-state index in [1.807, 2.05) is 11.3 Å². The molecule has 0 spiro atoms. The van der Waals surface area contributed by atoms with E-state index < -0.39 is 0 Å². The lowest BCUT2D eigenvalue weighted by Crippen LogP contribution is -1.99. The molecule has 0 bridgehead atoms. The molecule has 0 amide bonds. The number of thiophene rings is 1. The third-order valence-electron chi connectivity index (χ3n) is 2.56. The van der Waals surface area contributed by atoms with Crippen molar-refractivity contribution in [1.82, 2.24) is 0 Å². The highest BCUT2D eigenvalue weighted by atomic mass is 79.9. The fraction of sp³-hybridized carbons (Fsp3) is 0.231. The van der Waals surface area contributed by atoms with Crippen LogP contribution in [0.4, 0.5) is 5.69 Å². The molecule has 0 saturated carbocycles. The fourth-order valence-electron chi connectivity index (χ4n) is 1.57. The molecule has 2 aromatic rings. The molecular formula is C13H13Br2NS. The number of rotatable bonds is 3. The second-order valence-electron chi connectivity index (χ2n) is 3.93. The van der Waals surface area contributed by atoms with Gasteiger partial charge in [0.2, 0.25) is 0 Å². The van der Waals surface area contributed by atoms with Gasteiger partial charge in [0.1, 0.15) is 0 Å². The first-order valence-corrected chi connectivity index (χ1v) is 7.71. The molecule has 0 aliphatic rings. The van der Waals surface area contributed by atoms with E-state index in [4.69, 9.17) is 0 Å². The molecule has 0 aliphatic carbocycles. The molecule has 0 radical (unpaired) electrons. The molecule has 1 N–H and O–H groups in total. The minimum Gasteiger partial charge on any atom is -0.380 e. The predicted molar refractivity (Wildman–Crippen MR) is 83.0 cm³/mol. The van der Waals surface area contributed by atoms with Crippen molar-refractivity contribution in [3.8, 4) is 0 Å². The minimum absolute atomic E-state index is 0.869. The Morgan fingerprint density at radius 3 is 2.59 bits per heavy atom. The van der Waals surface area contributed by atoms with Gasteiger partial charge < -0.3 is 5.32 Å². The second-order valence-corrected chi connectivity index (χ2v) is 7.04. The Balaban J connectivity index is 2.09. The van der Waals surface area contributed by atoms with Crippen LogP contribution in [0.3, 0.4) is 0 Å². The summed E-state index contributed by atoms with van der Waals surface area (Å²) in [5.41, 5.74) is 2.45. The fourth-order valence-corrected chi connectivity index (χ4v) is 3.47. The summed E-state index contributed by atoms with van der Waals surface area (Å²) in [5, 5.41) is 3.47. The molecule has 0 unspecified atom stereocenters. The van der Waals surface area contributed by atoms with Crippen LogP contribution in [0.25, 0.3) is 0 Å². The Labute approximate surface area is 123 Å². The Morgan fingerprint density at radius 2 is 1.94 bits per heavy atom. The molecule has 90 valence electrons. The van der Waals surface area contributed by atoms with Crippen LogP contribution in [0, 0.1) is 13.8 Å². The van der Waals surface area contributed by atoms with Crippen molar-refractivity contribution in [2.24, 2.45) is 0 Å². The van der Waals surface area contributed by atoms with Crippen LogP contribution in [-0.2, 0) is 6.54 Å². The lowest BCUT2D eigenvalue weighted by Gasteiger charge is -2.08. The Bertz CT molecular complexity index is 515. The average molecular weight is 375 g/mol. The Morgan fingerprint density at radius 1 is 1.18 bits per heavy atom. The maximum atomic E-state index is 3.54. The lowest BCUT2D eigenvalue weighted by molar-refractivity contribution is 1.18. The average Bonchev–Trinajstić information content (AvgIpc) is 2.60. The third-order valence-corrected chi connectivity index (χ3v) is 5.19. The van der Waals surface area contributed by atoms with Gasteiger partial charge in [-0.2, -0.15) is 0 Å². The summed E-state index contributed by atoms with van der Waals surface area (Å²) >= 11 is 8.86. The van der Waals surface area contributed by atoms with Crippen molar-refractivity contribution in [2.45, 2.75) is 20.4 Å². The first kappa shape index (κ1) is 13.1. The summed E-state index contributed by atoms with van der Waals surface area (Å²) in [5.74, 6) is 0. The third kappa shape index (κ3) is 3.33. The topological polar surface area (TPSA) is 12.0 Å². The number of benzene rings is 1. The van der Waals surface area contributed by atoms with Gasteiger partial charge in [0.05, 0.1) is 0 Å². The molecule has 0 fully saturated rings. The van der Waals surface area contributed by atoms with E-state index in [0.717, 1.165) is 11.0 Å². The molecule has 1 nitrogen and oxygen atoms in total. The highest BCUT2D eigenvalue weighted by Crippen LogP contribution is 2.27. The number of hydrogen-bond donors (Lipinski definition) is 1. The van der Waals surface area contributed by atoms with Crippen molar-refractivity contribution in [3.05, 3.63) is 48.5 Å². The standard InChI is InChI=1S/C13H13Br2NS/c1-8-3-4-10(14)5-13(8)16-7-11-6-12(15)9(2)17-11/h3-6,16H,7H2,1-2H3. The van der Waals surface area contributed by atoms with E-state index in [1.165, 1.54) is 25.5 Å². The molecular weight excluding hydrogens is 362 g/mol. The highest BCUT2D eigenvalue weighted by molar-refractivity contribution is 9.10. The maximum absolute atomic E-state index is 3.54. The minimum atomic E-state index is 0.869. The number of nitrogens with one attached hydrogen (secondary N) is 1. The van der Waals surface area contributed by atoms with Crippen molar-refractivity contribution in [1.29, 1.82) is 0 Å². The van der Waals surface area contributed by atoms with Gasteiger partial charge in [0.15, 0.2) is 0 Å². The van der Waals surface area contributed by atoms with Gasteiger partial charge in [0.25, 0.3) is 0 Å². The van der Waals surface area contributed by atoms with Gasteiger partial charge in [-0.05, 0) is 53.5 Å². The van der Waals surface area contributed by atoms with E-state index in [1.54, 1.807) is 0 Å². The number of halogens is 2. The summed E-state index contributed by atoms with van der Waals surface area (Å²) in [6, 6.07) is 8.47. The quantitative estimate of drug-likeness (QED) is 0.747. The molecule has 1 heterocycles. The summed E-state index contributed by atoms with van der Waals surface area (Å²) in [6.07, 6.45) is 0. The van der Waals surface area contributed by atoms with Crippen molar-refractivity contribution in [2.75, 3.05) is 5.32 Å². The zero-order chi connectivity index (χ0) is 12.4. The van der Waals surface area contributed by atoms with Crippen LogP contribution < -0.4 is 5.32 Å². The molecule has 4 heteroatoms. The predicted octanol–water partition coefficient (Wildman–Crippen LogP) is 5.50.